The number of aryl methyl sites for hydroxylation is 1. The van der Waals surface area contributed by atoms with Crippen LogP contribution in [0.25, 0.3) is 11.5 Å². The Hall–Kier alpha value is -2.45. The summed E-state index contributed by atoms with van der Waals surface area (Å²) >= 11 is 0. The predicted octanol–water partition coefficient (Wildman–Crippen LogP) is 2.45. The van der Waals surface area contributed by atoms with Crippen molar-refractivity contribution in [2.45, 2.75) is 33.1 Å². The SMILES string of the molecule is CCNC(=NCCCOCCOC)NCCc1ccc(-c2nc(CC)no2)cc1. The van der Waals surface area contributed by atoms with Crippen molar-refractivity contribution in [1.82, 2.24) is 20.8 Å². The average molecular weight is 404 g/mol. The number of ether oxygens (including phenoxy) is 2. The normalized spacial score (nSPS) is 11.6. The Morgan fingerprint density at radius 3 is 2.62 bits per heavy atom. The maximum atomic E-state index is 5.45. The van der Waals surface area contributed by atoms with Crippen LogP contribution in [-0.2, 0) is 22.3 Å². The van der Waals surface area contributed by atoms with Crippen LogP contribution in [0, 0.1) is 0 Å². The molecule has 0 saturated carbocycles. The summed E-state index contributed by atoms with van der Waals surface area (Å²) in [6.07, 6.45) is 2.55. The third-order valence-electron chi connectivity index (χ3n) is 4.18. The highest BCUT2D eigenvalue weighted by molar-refractivity contribution is 5.79. The van der Waals surface area contributed by atoms with E-state index in [2.05, 4.69) is 44.8 Å². The van der Waals surface area contributed by atoms with Crippen LogP contribution in [0.1, 0.15) is 31.7 Å². The van der Waals surface area contributed by atoms with Gasteiger partial charge in [0.15, 0.2) is 11.8 Å². The Morgan fingerprint density at radius 2 is 1.93 bits per heavy atom. The van der Waals surface area contributed by atoms with E-state index in [0.29, 0.717) is 25.7 Å². The minimum atomic E-state index is 0.569. The number of benzene rings is 1. The summed E-state index contributed by atoms with van der Waals surface area (Å²) < 4.78 is 15.7. The molecule has 2 N–H and O–H groups in total. The second kappa shape index (κ2) is 13.7. The third-order valence-corrected chi connectivity index (χ3v) is 4.18. The fraction of sp³-hybridized carbons (Fsp3) is 0.571. The molecule has 0 atom stereocenters. The number of nitrogens with zero attached hydrogens (tertiary/aromatic N) is 3. The van der Waals surface area contributed by atoms with Gasteiger partial charge in [0.05, 0.1) is 13.2 Å². The highest BCUT2D eigenvalue weighted by Gasteiger charge is 2.07. The molecule has 0 amide bonds. The molecule has 0 aliphatic heterocycles. The van der Waals surface area contributed by atoms with Crippen molar-refractivity contribution < 1.29 is 14.0 Å². The van der Waals surface area contributed by atoms with Crippen LogP contribution in [0.15, 0.2) is 33.8 Å². The van der Waals surface area contributed by atoms with E-state index in [-0.39, 0.29) is 0 Å². The Morgan fingerprint density at radius 1 is 1.10 bits per heavy atom. The van der Waals surface area contributed by atoms with E-state index in [0.717, 1.165) is 56.2 Å². The number of hydrogen-bond donors (Lipinski definition) is 2. The van der Waals surface area contributed by atoms with Crippen LogP contribution in [0.3, 0.4) is 0 Å². The van der Waals surface area contributed by atoms with Crippen LogP contribution >= 0.6 is 0 Å². The highest BCUT2D eigenvalue weighted by atomic mass is 16.5. The van der Waals surface area contributed by atoms with Gasteiger partial charge in [0.2, 0.25) is 0 Å². The molecule has 2 rings (SSSR count). The van der Waals surface area contributed by atoms with Crippen molar-refractivity contribution in [3.63, 3.8) is 0 Å². The first-order valence-electron chi connectivity index (χ1n) is 10.3. The van der Waals surface area contributed by atoms with Crippen molar-refractivity contribution in [3.05, 3.63) is 35.7 Å². The molecule has 0 spiro atoms. The van der Waals surface area contributed by atoms with E-state index in [1.54, 1.807) is 7.11 Å². The van der Waals surface area contributed by atoms with Crippen molar-refractivity contribution in [2.24, 2.45) is 4.99 Å². The van der Waals surface area contributed by atoms with E-state index in [1.165, 1.54) is 5.56 Å². The molecule has 1 aromatic heterocycles. The van der Waals surface area contributed by atoms with Crippen LogP contribution in [-0.4, -0.2) is 62.7 Å². The lowest BCUT2D eigenvalue weighted by Crippen LogP contribution is -2.38. The predicted molar refractivity (Wildman–Crippen MR) is 114 cm³/mol. The average Bonchev–Trinajstić information content (AvgIpc) is 3.23. The standard InChI is InChI=1S/C21H33N5O3/c1-4-19-25-20(29-26-19)18-9-7-17(8-10-18)11-13-24-21(22-5-2)23-12-6-14-28-16-15-27-3/h7-10H,4-6,11-16H2,1-3H3,(H2,22,23,24). The number of hydrogen-bond acceptors (Lipinski definition) is 6. The first kappa shape index (κ1) is 22.8. The van der Waals surface area contributed by atoms with Gasteiger partial charge in [-0.2, -0.15) is 4.98 Å². The van der Waals surface area contributed by atoms with Gasteiger partial charge in [0.25, 0.3) is 5.89 Å². The summed E-state index contributed by atoms with van der Waals surface area (Å²) in [7, 11) is 1.67. The molecule has 8 heteroatoms. The van der Waals surface area contributed by atoms with E-state index in [4.69, 9.17) is 14.0 Å². The number of guanidine groups is 1. The number of methoxy groups -OCH3 is 1. The smallest absolute Gasteiger partial charge is 0.257 e. The van der Waals surface area contributed by atoms with Crippen LogP contribution in [0.4, 0.5) is 0 Å². The van der Waals surface area contributed by atoms with Gasteiger partial charge in [-0.3, -0.25) is 4.99 Å². The minimum Gasteiger partial charge on any atom is -0.382 e. The molecule has 29 heavy (non-hydrogen) atoms. The zero-order chi connectivity index (χ0) is 20.7. The minimum absolute atomic E-state index is 0.569. The molecule has 0 fully saturated rings. The van der Waals surface area contributed by atoms with Crippen molar-refractivity contribution in [1.29, 1.82) is 0 Å². The fourth-order valence-corrected chi connectivity index (χ4v) is 2.60. The summed E-state index contributed by atoms with van der Waals surface area (Å²) in [5.41, 5.74) is 2.18. The number of nitrogens with one attached hydrogen (secondary N) is 2. The summed E-state index contributed by atoms with van der Waals surface area (Å²) in [6.45, 7) is 8.37. The van der Waals surface area contributed by atoms with Gasteiger partial charge in [0, 0.05) is 45.3 Å². The summed E-state index contributed by atoms with van der Waals surface area (Å²) in [5, 5.41) is 10.6. The molecular formula is C21H33N5O3. The molecule has 2 aromatic rings. The molecular weight excluding hydrogens is 370 g/mol. The molecule has 1 heterocycles. The lowest BCUT2D eigenvalue weighted by Gasteiger charge is -2.11. The molecule has 0 aliphatic carbocycles. The van der Waals surface area contributed by atoms with Gasteiger partial charge in [-0.25, -0.2) is 0 Å². The van der Waals surface area contributed by atoms with Gasteiger partial charge in [-0.15, -0.1) is 0 Å². The molecule has 0 radical (unpaired) electrons. The highest BCUT2D eigenvalue weighted by Crippen LogP contribution is 2.18. The van der Waals surface area contributed by atoms with Crippen LogP contribution < -0.4 is 10.6 Å². The number of aromatic nitrogens is 2. The van der Waals surface area contributed by atoms with Gasteiger partial charge >= 0.3 is 0 Å². The zero-order valence-corrected chi connectivity index (χ0v) is 17.7. The summed E-state index contributed by atoms with van der Waals surface area (Å²) in [5.74, 6) is 2.13. The zero-order valence-electron chi connectivity index (χ0n) is 17.7. The summed E-state index contributed by atoms with van der Waals surface area (Å²) in [4.78, 5) is 8.94. The largest absolute Gasteiger partial charge is 0.382 e. The summed E-state index contributed by atoms with van der Waals surface area (Å²) in [6, 6.07) is 8.22. The topological polar surface area (TPSA) is 93.8 Å². The quantitative estimate of drug-likeness (QED) is 0.301. The van der Waals surface area contributed by atoms with Gasteiger partial charge in [0.1, 0.15) is 0 Å². The Bertz CT molecular complexity index is 715. The Labute approximate surface area is 173 Å². The van der Waals surface area contributed by atoms with E-state index < -0.39 is 0 Å². The molecule has 160 valence electrons. The third kappa shape index (κ3) is 8.62. The molecule has 0 bridgehead atoms. The van der Waals surface area contributed by atoms with Crippen molar-refractivity contribution in [3.8, 4) is 11.5 Å². The maximum Gasteiger partial charge on any atom is 0.257 e. The first-order chi connectivity index (χ1) is 14.3. The Balaban J connectivity index is 1.73. The molecule has 0 unspecified atom stereocenters. The number of aliphatic imine (C=N–C) groups is 1. The second-order valence-electron chi connectivity index (χ2n) is 6.46. The van der Waals surface area contributed by atoms with Gasteiger partial charge in [-0.05, 0) is 37.5 Å². The van der Waals surface area contributed by atoms with Gasteiger partial charge in [-0.1, -0.05) is 24.2 Å². The van der Waals surface area contributed by atoms with Crippen LogP contribution in [0.5, 0.6) is 0 Å². The first-order valence-corrected chi connectivity index (χ1v) is 10.3. The lowest BCUT2D eigenvalue weighted by molar-refractivity contribution is 0.0702. The van der Waals surface area contributed by atoms with E-state index >= 15 is 0 Å². The lowest BCUT2D eigenvalue weighted by atomic mass is 10.1. The van der Waals surface area contributed by atoms with E-state index in [1.807, 2.05) is 19.1 Å². The second-order valence-corrected chi connectivity index (χ2v) is 6.46. The Kier molecular flexibility index (Phi) is 10.8. The maximum absolute atomic E-state index is 5.45. The van der Waals surface area contributed by atoms with Crippen molar-refractivity contribution in [2.75, 3.05) is 46.6 Å². The molecule has 1 aromatic carbocycles. The molecule has 8 nitrogen and oxygen atoms in total. The van der Waals surface area contributed by atoms with Crippen LogP contribution in [0.2, 0.25) is 0 Å². The molecule has 0 aliphatic rings. The monoisotopic (exact) mass is 403 g/mol. The van der Waals surface area contributed by atoms with Crippen molar-refractivity contribution >= 4 is 5.96 Å². The number of rotatable bonds is 13. The van der Waals surface area contributed by atoms with Gasteiger partial charge < -0.3 is 24.6 Å². The molecule has 0 saturated heterocycles. The van der Waals surface area contributed by atoms with E-state index in [9.17, 15) is 0 Å². The fourth-order valence-electron chi connectivity index (χ4n) is 2.60.